The molecule has 21 heavy (non-hydrogen) atoms. The Balaban J connectivity index is 2.94. The Hall–Kier alpha value is -0.000000000000000111. The van der Waals surface area contributed by atoms with Gasteiger partial charge in [-0.25, -0.2) is 0 Å². The van der Waals surface area contributed by atoms with Crippen LogP contribution in [-0.4, -0.2) is 30.3 Å². The highest BCUT2D eigenvalue weighted by molar-refractivity contribution is 8.63. The number of ether oxygens (including phenoxy) is 1. The number of nitrogens with one attached hydrogen (secondary N) is 1. The molecule has 1 amide bonds. The van der Waals surface area contributed by atoms with E-state index in [1.807, 2.05) is 38.1 Å². The molecule has 1 aromatic carbocycles. The average Bonchev–Trinajstić information content (AvgIpc) is 2.46. The van der Waals surface area contributed by atoms with Crippen LogP contribution in [0.15, 0.2) is 29.2 Å². The zero-order valence-electron chi connectivity index (χ0n) is 12.5. The Bertz CT molecular complexity index is 525. The van der Waals surface area contributed by atoms with Gasteiger partial charge in [-0.15, -0.1) is 24.0 Å². The molecule has 0 aliphatic rings. The molecule has 118 valence electrons. The molecule has 7 heteroatoms. The Morgan fingerprint density at radius 3 is 2.67 bits per heavy atom. The minimum Gasteiger partial charge on any atom is -0.362 e. The van der Waals surface area contributed by atoms with E-state index in [9.17, 15) is 4.79 Å². The first-order chi connectivity index (χ1) is 9.96. The van der Waals surface area contributed by atoms with E-state index in [1.165, 1.54) is 0 Å². The number of anilines is 1. The number of thiol groups is 1. The Kier molecular flexibility index (Phi) is 8.35. The molecular weight excluding hydrogens is 341 g/mol. The fourth-order valence-corrected chi connectivity index (χ4v) is 4.63. The third-order valence-corrected chi connectivity index (χ3v) is 8.62. The van der Waals surface area contributed by atoms with Crippen molar-refractivity contribution in [2.75, 3.05) is 23.8 Å². The van der Waals surface area contributed by atoms with E-state index in [1.54, 1.807) is 11.8 Å². The third-order valence-electron chi connectivity index (χ3n) is 2.81. The number of amides is 1. The number of thioether (sulfide) groups is 1. The fraction of sp³-hybridized carbons (Fsp3) is 0.500. The molecule has 2 atom stereocenters. The first-order valence-electron chi connectivity index (χ1n) is 6.92. The number of carbonyl (C=O) groups excluding carboxylic acids is 1. The summed E-state index contributed by atoms with van der Waals surface area (Å²) in [6.07, 6.45) is 0.675. The van der Waals surface area contributed by atoms with Gasteiger partial charge < -0.3 is 10.1 Å². The quantitative estimate of drug-likeness (QED) is 0.407. The van der Waals surface area contributed by atoms with E-state index in [4.69, 9.17) is 16.5 Å². The minimum absolute atomic E-state index is 0.193. The van der Waals surface area contributed by atoms with Crippen molar-refractivity contribution in [2.24, 2.45) is 0 Å². The third kappa shape index (κ3) is 5.61. The summed E-state index contributed by atoms with van der Waals surface area (Å²) in [6, 6.07) is 7.76. The lowest BCUT2D eigenvalue weighted by molar-refractivity contribution is -0.122. The highest BCUT2D eigenvalue weighted by atomic mass is 32.9. The Labute approximate surface area is 141 Å². The second-order valence-corrected chi connectivity index (χ2v) is 13.1. The molecule has 0 fully saturated rings. The molecule has 0 saturated heterocycles. The highest BCUT2D eigenvalue weighted by Gasteiger charge is 2.31. The van der Waals surface area contributed by atoms with Crippen LogP contribution >= 0.6 is 29.3 Å². The van der Waals surface area contributed by atoms with Crippen LogP contribution in [0.4, 0.5) is 5.69 Å². The number of benzene rings is 1. The maximum atomic E-state index is 12.5. The van der Waals surface area contributed by atoms with Crippen molar-refractivity contribution < 1.29 is 9.53 Å². The first-order valence-corrected chi connectivity index (χ1v) is 12.1. The molecule has 2 unspecified atom stereocenters. The van der Waals surface area contributed by atoms with Gasteiger partial charge in [0.1, 0.15) is 0 Å². The summed E-state index contributed by atoms with van der Waals surface area (Å²) in [5.41, 5.74) is 0.804. The largest absolute Gasteiger partial charge is 0.362 e. The zero-order chi connectivity index (χ0) is 15.9. The lowest BCUT2D eigenvalue weighted by Crippen LogP contribution is -2.30. The molecule has 0 spiro atoms. The molecule has 0 radical (unpaired) electrons. The fourth-order valence-electron chi connectivity index (χ4n) is 1.74. The summed E-state index contributed by atoms with van der Waals surface area (Å²) in [4.78, 5) is 13.6. The van der Waals surface area contributed by atoms with Gasteiger partial charge in [-0.1, -0.05) is 37.8 Å². The van der Waals surface area contributed by atoms with E-state index in [0.29, 0.717) is 12.8 Å². The van der Waals surface area contributed by atoms with E-state index in [2.05, 4.69) is 24.5 Å². The van der Waals surface area contributed by atoms with Crippen LogP contribution in [0.5, 0.6) is 0 Å². The molecule has 3 nitrogen and oxygen atoms in total. The molecule has 0 saturated carbocycles. The van der Waals surface area contributed by atoms with Gasteiger partial charge in [0.15, 0.2) is 5.85 Å². The summed E-state index contributed by atoms with van der Waals surface area (Å²) in [5, 5.41) is 0.811. The standard InChI is InChI=1S/C14H22NO2PS3/c1-4-17-14(18(19,20)5-2)13(16)15-11-9-7-8-10-12(11)21-6-3/h7-10,14H,4-6H2,1-3H3,(H,15,16)(H,19,20). The Morgan fingerprint density at radius 2 is 2.10 bits per heavy atom. The van der Waals surface area contributed by atoms with Gasteiger partial charge in [-0.3, -0.25) is 4.79 Å². The van der Waals surface area contributed by atoms with E-state index >= 15 is 0 Å². The molecule has 0 bridgehead atoms. The van der Waals surface area contributed by atoms with Crippen LogP contribution in [-0.2, 0) is 21.3 Å². The maximum Gasteiger partial charge on any atom is 0.259 e. The van der Waals surface area contributed by atoms with Crippen LogP contribution in [0.2, 0.25) is 0 Å². The molecule has 0 aliphatic heterocycles. The van der Waals surface area contributed by atoms with Crippen LogP contribution < -0.4 is 5.32 Å². The van der Waals surface area contributed by atoms with Gasteiger partial charge in [0, 0.05) is 16.7 Å². The number of para-hydroxylation sites is 1. The second-order valence-electron chi connectivity index (χ2n) is 4.30. The van der Waals surface area contributed by atoms with Gasteiger partial charge in [-0.2, -0.15) is 0 Å². The van der Waals surface area contributed by atoms with Crippen molar-refractivity contribution in [1.82, 2.24) is 0 Å². The monoisotopic (exact) mass is 363 g/mol. The van der Waals surface area contributed by atoms with Crippen molar-refractivity contribution in [3.05, 3.63) is 24.3 Å². The summed E-state index contributed by atoms with van der Waals surface area (Å²) < 4.78 is 5.58. The lowest BCUT2D eigenvalue weighted by Gasteiger charge is -2.25. The molecule has 0 heterocycles. The number of hydrogen-bond acceptors (Lipinski definition) is 4. The second kappa shape index (κ2) is 9.21. The summed E-state index contributed by atoms with van der Waals surface area (Å²) in [5.74, 6) is 0.105. The van der Waals surface area contributed by atoms with Crippen molar-refractivity contribution in [3.8, 4) is 0 Å². The van der Waals surface area contributed by atoms with Crippen molar-refractivity contribution in [1.29, 1.82) is 0 Å². The van der Waals surface area contributed by atoms with Crippen molar-refractivity contribution >= 4 is 52.7 Å². The molecule has 1 rings (SSSR count). The number of carbonyl (C=O) groups is 1. The summed E-state index contributed by atoms with van der Waals surface area (Å²) >= 11 is 11.7. The molecule has 1 aromatic rings. The maximum absolute atomic E-state index is 12.5. The van der Waals surface area contributed by atoms with Gasteiger partial charge in [-0.05, 0) is 31.0 Å². The number of rotatable bonds is 8. The van der Waals surface area contributed by atoms with Crippen molar-refractivity contribution in [3.63, 3.8) is 0 Å². The summed E-state index contributed by atoms with van der Waals surface area (Å²) in [7, 11) is 0. The van der Waals surface area contributed by atoms with E-state index in [-0.39, 0.29) is 5.91 Å². The molecular formula is C14H22NO2PS3. The Morgan fingerprint density at radius 1 is 1.43 bits per heavy atom. The summed E-state index contributed by atoms with van der Waals surface area (Å²) in [6.45, 7) is 6.34. The highest BCUT2D eigenvalue weighted by Crippen LogP contribution is 2.56. The van der Waals surface area contributed by atoms with Gasteiger partial charge in [0.25, 0.3) is 5.91 Å². The van der Waals surface area contributed by atoms with Crippen LogP contribution in [0, 0.1) is 0 Å². The van der Waals surface area contributed by atoms with E-state index < -0.39 is 11.1 Å². The predicted molar refractivity (Wildman–Crippen MR) is 101 cm³/mol. The first kappa shape index (κ1) is 19.0. The van der Waals surface area contributed by atoms with Gasteiger partial charge >= 0.3 is 0 Å². The van der Waals surface area contributed by atoms with Gasteiger partial charge in [0.05, 0.1) is 5.69 Å². The van der Waals surface area contributed by atoms with Crippen LogP contribution in [0.3, 0.4) is 0 Å². The SMILES string of the molecule is CCOC(C(=O)Nc1ccccc1SCC)P(=S)(S)CC. The van der Waals surface area contributed by atoms with Crippen LogP contribution in [0.1, 0.15) is 20.8 Å². The lowest BCUT2D eigenvalue weighted by atomic mass is 10.3. The van der Waals surface area contributed by atoms with Crippen molar-refractivity contribution in [2.45, 2.75) is 31.5 Å². The van der Waals surface area contributed by atoms with Gasteiger partial charge in [0.2, 0.25) is 0 Å². The van der Waals surface area contributed by atoms with Crippen LogP contribution in [0.25, 0.3) is 0 Å². The van der Waals surface area contributed by atoms with E-state index in [0.717, 1.165) is 16.3 Å². The zero-order valence-corrected chi connectivity index (χ0v) is 16.0. The number of hydrogen-bond donors (Lipinski definition) is 2. The normalized spacial score (nSPS) is 15.2. The minimum atomic E-state index is -2.14. The molecule has 0 aromatic heterocycles. The predicted octanol–water partition coefficient (Wildman–Crippen LogP) is 4.44. The molecule has 0 aliphatic carbocycles. The smallest absolute Gasteiger partial charge is 0.259 e. The average molecular weight is 364 g/mol. The molecule has 1 N–H and O–H groups in total. The topological polar surface area (TPSA) is 38.3 Å².